The molecule has 0 spiro atoms. The first-order chi connectivity index (χ1) is 12.1. The van der Waals surface area contributed by atoms with Crippen molar-refractivity contribution in [1.29, 1.82) is 0 Å². The van der Waals surface area contributed by atoms with Crippen LogP contribution in [0, 0.1) is 0 Å². The Bertz CT molecular complexity index is 522. The highest BCUT2D eigenvalue weighted by molar-refractivity contribution is 7.80. The highest BCUT2D eigenvalue weighted by atomic mass is 32.1. The Labute approximate surface area is 167 Å². The summed E-state index contributed by atoms with van der Waals surface area (Å²) in [6.07, 6.45) is -1.28. The van der Waals surface area contributed by atoms with Gasteiger partial charge in [-0.1, -0.05) is 0 Å². The largest absolute Gasteiger partial charge is 0.480 e. The van der Waals surface area contributed by atoms with Crippen LogP contribution in [0.1, 0.15) is 6.92 Å². The Balaban J connectivity index is 5.04. The number of nitrogens with two attached hydrogens (primary N) is 1. The van der Waals surface area contributed by atoms with Gasteiger partial charge < -0.3 is 31.9 Å². The lowest BCUT2D eigenvalue weighted by molar-refractivity contribution is -0.141. The summed E-state index contributed by atoms with van der Waals surface area (Å²) in [7, 11) is 0. The van der Waals surface area contributed by atoms with Gasteiger partial charge >= 0.3 is 5.97 Å². The van der Waals surface area contributed by atoms with Crippen LogP contribution in [0.2, 0.25) is 0 Å². The predicted octanol–water partition coefficient (Wildman–Crippen LogP) is -2.98. The van der Waals surface area contributed by atoms with Crippen molar-refractivity contribution in [3.63, 3.8) is 0 Å². The van der Waals surface area contributed by atoms with Crippen LogP contribution in [0.4, 0.5) is 0 Å². The molecule has 0 aliphatic carbocycles. The van der Waals surface area contributed by atoms with Crippen LogP contribution >= 0.6 is 37.9 Å². The van der Waals surface area contributed by atoms with Gasteiger partial charge in [-0.25, -0.2) is 4.79 Å². The molecule has 0 radical (unpaired) electrons. The van der Waals surface area contributed by atoms with E-state index < -0.39 is 54.0 Å². The van der Waals surface area contributed by atoms with E-state index in [0.29, 0.717) is 0 Å². The fourth-order valence-electron chi connectivity index (χ4n) is 1.66. The average molecular weight is 429 g/mol. The normalized spacial score (nSPS) is 16.5. The lowest BCUT2D eigenvalue weighted by atomic mass is 10.1. The van der Waals surface area contributed by atoms with Gasteiger partial charge in [0.15, 0.2) is 0 Å². The second-order valence-corrected chi connectivity index (χ2v) is 6.44. The predicted molar refractivity (Wildman–Crippen MR) is 105 cm³/mol. The van der Waals surface area contributed by atoms with Crippen molar-refractivity contribution in [1.82, 2.24) is 16.0 Å². The standard InChI is InChI=1S/C13H24N4O6S3/c1-5(18)9(17-10(19)6(14)2-24)12(21)15-7(3-25)11(20)16-8(4-26)13(22)23/h5-9,18,24-26H,2-4,14H2,1H3,(H,15,21)(H,16,20)(H,17,19)(H,22,23). The van der Waals surface area contributed by atoms with E-state index in [1.54, 1.807) is 0 Å². The molecule has 150 valence electrons. The highest BCUT2D eigenvalue weighted by Gasteiger charge is 2.31. The Kier molecular flexibility index (Phi) is 11.7. The van der Waals surface area contributed by atoms with E-state index in [1.165, 1.54) is 6.92 Å². The lowest BCUT2D eigenvalue weighted by Crippen LogP contribution is -2.60. The molecular weight excluding hydrogens is 404 g/mol. The van der Waals surface area contributed by atoms with Gasteiger partial charge in [0.2, 0.25) is 17.7 Å². The van der Waals surface area contributed by atoms with E-state index in [-0.39, 0.29) is 17.3 Å². The van der Waals surface area contributed by atoms with Crippen molar-refractivity contribution in [2.24, 2.45) is 5.73 Å². The molecule has 5 unspecified atom stereocenters. The van der Waals surface area contributed by atoms with Crippen molar-refractivity contribution in [3.8, 4) is 0 Å². The van der Waals surface area contributed by atoms with Gasteiger partial charge in [0.25, 0.3) is 0 Å². The Hall–Kier alpha value is -1.15. The minimum Gasteiger partial charge on any atom is -0.480 e. The third kappa shape index (κ3) is 8.03. The second-order valence-electron chi connectivity index (χ2n) is 5.34. The minimum absolute atomic E-state index is 0.0297. The molecule has 0 aromatic carbocycles. The number of hydrogen-bond acceptors (Lipinski definition) is 9. The molecule has 13 heteroatoms. The summed E-state index contributed by atoms with van der Waals surface area (Å²) in [4.78, 5) is 47.1. The topological polar surface area (TPSA) is 171 Å². The van der Waals surface area contributed by atoms with Gasteiger partial charge in [0, 0.05) is 17.3 Å². The third-order valence-corrected chi connectivity index (χ3v) is 4.33. The second kappa shape index (κ2) is 12.3. The first kappa shape index (κ1) is 24.8. The zero-order valence-electron chi connectivity index (χ0n) is 14.0. The fourth-order valence-corrected chi connectivity index (χ4v) is 2.33. The van der Waals surface area contributed by atoms with Gasteiger partial charge in [-0.3, -0.25) is 14.4 Å². The van der Waals surface area contributed by atoms with Crippen molar-refractivity contribution in [3.05, 3.63) is 0 Å². The molecule has 0 bridgehead atoms. The molecule has 10 nitrogen and oxygen atoms in total. The smallest absolute Gasteiger partial charge is 0.327 e. The summed E-state index contributed by atoms with van der Waals surface area (Å²) in [5.41, 5.74) is 5.50. The van der Waals surface area contributed by atoms with Crippen molar-refractivity contribution in [2.75, 3.05) is 17.3 Å². The van der Waals surface area contributed by atoms with Crippen LogP contribution in [-0.4, -0.2) is 81.4 Å². The Morgan fingerprint density at radius 2 is 1.38 bits per heavy atom. The molecule has 0 aromatic rings. The zero-order valence-corrected chi connectivity index (χ0v) is 16.6. The Morgan fingerprint density at radius 1 is 0.885 bits per heavy atom. The monoisotopic (exact) mass is 428 g/mol. The van der Waals surface area contributed by atoms with E-state index in [1.807, 2.05) is 0 Å². The van der Waals surface area contributed by atoms with Crippen LogP contribution in [0.25, 0.3) is 0 Å². The van der Waals surface area contributed by atoms with Crippen molar-refractivity contribution in [2.45, 2.75) is 37.2 Å². The van der Waals surface area contributed by atoms with Crippen molar-refractivity contribution < 1.29 is 29.4 Å². The molecule has 5 atom stereocenters. The first-order valence-electron chi connectivity index (χ1n) is 7.49. The fraction of sp³-hybridized carbons (Fsp3) is 0.692. The van der Waals surface area contributed by atoms with Crippen LogP contribution in [-0.2, 0) is 19.2 Å². The molecule has 0 aliphatic heterocycles. The van der Waals surface area contributed by atoms with E-state index in [2.05, 4.69) is 53.8 Å². The molecule has 26 heavy (non-hydrogen) atoms. The van der Waals surface area contributed by atoms with Gasteiger partial charge in [0.1, 0.15) is 18.1 Å². The third-order valence-electron chi connectivity index (χ3n) is 3.21. The van der Waals surface area contributed by atoms with Gasteiger partial charge in [-0.15, -0.1) is 0 Å². The number of hydrogen-bond donors (Lipinski definition) is 9. The molecule has 0 saturated carbocycles. The lowest BCUT2D eigenvalue weighted by Gasteiger charge is -2.25. The molecule has 0 saturated heterocycles. The first-order valence-corrected chi connectivity index (χ1v) is 9.38. The number of thiol groups is 3. The number of carbonyl (C=O) groups excluding carboxylic acids is 3. The maximum absolute atomic E-state index is 12.3. The number of rotatable bonds is 11. The number of nitrogens with one attached hydrogen (secondary N) is 3. The van der Waals surface area contributed by atoms with E-state index in [9.17, 15) is 24.3 Å². The van der Waals surface area contributed by atoms with Crippen molar-refractivity contribution >= 4 is 61.6 Å². The zero-order chi connectivity index (χ0) is 20.4. The van der Waals surface area contributed by atoms with Gasteiger partial charge in [0.05, 0.1) is 12.1 Å². The quantitative estimate of drug-likeness (QED) is 0.158. The van der Waals surface area contributed by atoms with Crippen LogP contribution in [0.15, 0.2) is 0 Å². The SMILES string of the molecule is CC(O)C(NC(=O)C(N)CS)C(=O)NC(CS)C(=O)NC(CS)C(=O)O. The van der Waals surface area contributed by atoms with Gasteiger partial charge in [-0.2, -0.15) is 37.9 Å². The molecule has 0 aromatic heterocycles. The summed E-state index contributed by atoms with van der Waals surface area (Å²) in [6, 6.07) is -4.79. The van der Waals surface area contributed by atoms with E-state index >= 15 is 0 Å². The summed E-state index contributed by atoms with van der Waals surface area (Å²) in [5, 5.41) is 25.4. The maximum Gasteiger partial charge on any atom is 0.327 e. The number of aliphatic hydroxyl groups is 1. The summed E-state index contributed by atoms with van der Waals surface area (Å²) >= 11 is 11.6. The average Bonchev–Trinajstić information content (AvgIpc) is 2.59. The van der Waals surface area contributed by atoms with Crippen LogP contribution in [0.3, 0.4) is 0 Å². The van der Waals surface area contributed by atoms with E-state index in [0.717, 1.165) is 0 Å². The number of aliphatic hydroxyl groups excluding tert-OH is 1. The molecule has 0 rings (SSSR count). The Morgan fingerprint density at radius 3 is 1.77 bits per heavy atom. The number of amides is 3. The summed E-state index contributed by atoms with van der Waals surface area (Å²) in [6.45, 7) is 1.27. The maximum atomic E-state index is 12.3. The van der Waals surface area contributed by atoms with Crippen LogP contribution in [0.5, 0.6) is 0 Å². The molecule has 0 fully saturated rings. The minimum atomic E-state index is -1.37. The van der Waals surface area contributed by atoms with Gasteiger partial charge in [-0.05, 0) is 6.92 Å². The highest BCUT2D eigenvalue weighted by Crippen LogP contribution is 1.99. The molecule has 0 aliphatic rings. The summed E-state index contributed by atoms with van der Waals surface area (Å²) in [5.74, 6) is -3.90. The summed E-state index contributed by atoms with van der Waals surface area (Å²) < 4.78 is 0. The molecule has 3 amide bonds. The molecule has 7 N–H and O–H groups in total. The molecule has 0 heterocycles. The molecular formula is C13H24N4O6S3. The number of carboxylic acids is 1. The number of carboxylic acid groups (broad SMARTS) is 1. The number of aliphatic carboxylic acids is 1. The van der Waals surface area contributed by atoms with E-state index in [4.69, 9.17) is 10.8 Å². The number of carbonyl (C=O) groups is 4. The van der Waals surface area contributed by atoms with Crippen LogP contribution < -0.4 is 21.7 Å².